The van der Waals surface area contributed by atoms with Gasteiger partial charge in [0.25, 0.3) is 0 Å². The van der Waals surface area contributed by atoms with Crippen LogP contribution in [0.5, 0.6) is 0 Å². The third-order valence-corrected chi connectivity index (χ3v) is 2.25. The summed E-state index contributed by atoms with van der Waals surface area (Å²) in [5.41, 5.74) is 2.85. The molecule has 2 heteroatoms. The molecular formula is C12H13NO. The summed E-state index contributed by atoms with van der Waals surface area (Å²) < 4.78 is 5.57. The van der Waals surface area contributed by atoms with Crippen LogP contribution in [0, 0.1) is 13.8 Å². The van der Waals surface area contributed by atoms with E-state index in [1.54, 1.807) is 0 Å². The van der Waals surface area contributed by atoms with Crippen LogP contribution in [-0.2, 0) is 0 Å². The van der Waals surface area contributed by atoms with Crippen molar-refractivity contribution in [3.63, 3.8) is 0 Å². The zero-order chi connectivity index (χ0) is 10.1. The molecule has 2 heterocycles. The maximum Gasteiger partial charge on any atom is 0.227 e. The molecule has 2 rings (SSSR count). The minimum absolute atomic E-state index is 0.732. The molecule has 14 heavy (non-hydrogen) atoms. The number of hydrogen-bond acceptors (Lipinski definition) is 2. The average Bonchev–Trinajstić information content (AvgIpc) is 2.43. The summed E-state index contributed by atoms with van der Waals surface area (Å²) >= 11 is 0. The lowest BCUT2D eigenvalue weighted by atomic mass is 10.1. The molecule has 0 fully saturated rings. The second kappa shape index (κ2) is 3.29. The molecule has 0 N–H and O–H groups in total. The zero-order valence-corrected chi connectivity index (χ0v) is 8.66. The number of aryl methyl sites for hydroxylation is 2. The Morgan fingerprint density at radius 2 is 2.07 bits per heavy atom. The number of aromatic nitrogens is 1. The Kier molecular flexibility index (Phi) is 2.12. The fraction of sp³-hybridized carbons (Fsp3) is 0.250. The van der Waals surface area contributed by atoms with Gasteiger partial charge in [-0.15, -0.1) is 0 Å². The molecule has 0 aromatic carbocycles. The molecule has 2 aromatic heterocycles. The molecule has 2 nitrogen and oxygen atoms in total. The number of nitrogens with zero attached hydrogens (tertiary/aromatic N) is 1. The van der Waals surface area contributed by atoms with Crippen LogP contribution in [0.2, 0.25) is 0 Å². The van der Waals surface area contributed by atoms with E-state index >= 15 is 0 Å². The molecule has 0 saturated heterocycles. The smallest absolute Gasteiger partial charge is 0.227 e. The average molecular weight is 187 g/mol. The Morgan fingerprint density at radius 1 is 1.29 bits per heavy atom. The molecule has 0 amide bonds. The van der Waals surface area contributed by atoms with Crippen molar-refractivity contribution in [2.45, 2.75) is 20.8 Å². The lowest BCUT2D eigenvalue weighted by Crippen LogP contribution is -1.79. The second-order valence-electron chi connectivity index (χ2n) is 3.38. The largest absolute Gasteiger partial charge is 0.442 e. The SMILES string of the molecule is C/C=C\c1c(C)oc2nc(C)ccc12. The van der Waals surface area contributed by atoms with Gasteiger partial charge in [-0.3, -0.25) is 0 Å². The van der Waals surface area contributed by atoms with Crippen LogP contribution in [0.15, 0.2) is 22.6 Å². The molecule has 0 spiro atoms. The standard InChI is InChI=1S/C12H13NO/c1-4-5-10-9(3)14-12-11(10)7-6-8(2)13-12/h4-7H,1-3H3/b5-4-. The van der Waals surface area contributed by atoms with Crippen LogP contribution in [0.25, 0.3) is 17.2 Å². The molecule has 0 bridgehead atoms. The molecule has 0 aliphatic rings. The summed E-state index contributed by atoms with van der Waals surface area (Å²) in [6, 6.07) is 4.06. The first kappa shape index (κ1) is 9.00. The van der Waals surface area contributed by atoms with E-state index in [2.05, 4.69) is 17.1 Å². The van der Waals surface area contributed by atoms with Gasteiger partial charge in [-0.05, 0) is 32.9 Å². The predicted octanol–water partition coefficient (Wildman–Crippen LogP) is 3.48. The van der Waals surface area contributed by atoms with Gasteiger partial charge in [-0.2, -0.15) is 0 Å². The molecular weight excluding hydrogens is 174 g/mol. The molecule has 0 saturated carbocycles. The van der Waals surface area contributed by atoms with Gasteiger partial charge in [-0.1, -0.05) is 12.2 Å². The molecule has 2 aromatic rings. The van der Waals surface area contributed by atoms with Gasteiger partial charge in [0.2, 0.25) is 5.71 Å². The maximum atomic E-state index is 5.57. The van der Waals surface area contributed by atoms with E-state index in [1.165, 1.54) is 0 Å². The van der Waals surface area contributed by atoms with Crippen molar-refractivity contribution in [2.24, 2.45) is 0 Å². The first-order valence-corrected chi connectivity index (χ1v) is 4.72. The van der Waals surface area contributed by atoms with E-state index in [1.807, 2.05) is 32.9 Å². The molecule has 72 valence electrons. The van der Waals surface area contributed by atoms with Gasteiger partial charge in [0.05, 0.1) is 0 Å². The number of pyridine rings is 1. The van der Waals surface area contributed by atoms with Crippen molar-refractivity contribution in [1.29, 1.82) is 0 Å². The van der Waals surface area contributed by atoms with E-state index < -0.39 is 0 Å². The molecule has 0 radical (unpaired) electrons. The van der Waals surface area contributed by atoms with Gasteiger partial charge in [0.15, 0.2) is 0 Å². The maximum absolute atomic E-state index is 5.57. The van der Waals surface area contributed by atoms with Crippen LogP contribution in [0.4, 0.5) is 0 Å². The summed E-state index contributed by atoms with van der Waals surface area (Å²) in [7, 11) is 0. The molecule has 0 unspecified atom stereocenters. The van der Waals surface area contributed by atoms with Crippen LogP contribution < -0.4 is 0 Å². The molecule has 0 atom stereocenters. The quantitative estimate of drug-likeness (QED) is 0.683. The number of allylic oxidation sites excluding steroid dienone is 1. The van der Waals surface area contributed by atoms with Crippen LogP contribution in [0.1, 0.15) is 23.9 Å². The third kappa shape index (κ3) is 1.33. The Morgan fingerprint density at radius 3 is 2.79 bits per heavy atom. The fourth-order valence-corrected chi connectivity index (χ4v) is 1.58. The monoisotopic (exact) mass is 187 g/mol. The van der Waals surface area contributed by atoms with Gasteiger partial charge < -0.3 is 4.42 Å². The van der Waals surface area contributed by atoms with Gasteiger partial charge >= 0.3 is 0 Å². The minimum atomic E-state index is 0.732. The van der Waals surface area contributed by atoms with Crippen molar-refractivity contribution < 1.29 is 4.42 Å². The lowest BCUT2D eigenvalue weighted by molar-refractivity contribution is 0.566. The first-order chi connectivity index (χ1) is 6.72. The van der Waals surface area contributed by atoms with Crippen molar-refractivity contribution in [2.75, 3.05) is 0 Å². The Labute approximate surface area is 83.3 Å². The van der Waals surface area contributed by atoms with Crippen LogP contribution in [-0.4, -0.2) is 4.98 Å². The summed E-state index contributed by atoms with van der Waals surface area (Å²) in [6.07, 6.45) is 4.06. The Hall–Kier alpha value is -1.57. The third-order valence-electron chi connectivity index (χ3n) is 2.25. The van der Waals surface area contributed by atoms with E-state index in [9.17, 15) is 0 Å². The highest BCUT2D eigenvalue weighted by atomic mass is 16.3. The van der Waals surface area contributed by atoms with Gasteiger partial charge in [0.1, 0.15) is 5.76 Å². The van der Waals surface area contributed by atoms with E-state index in [0.717, 1.165) is 28.1 Å². The summed E-state index contributed by atoms with van der Waals surface area (Å²) in [4.78, 5) is 4.34. The van der Waals surface area contributed by atoms with Gasteiger partial charge in [0, 0.05) is 16.6 Å². The number of fused-ring (bicyclic) bond motifs is 1. The predicted molar refractivity (Wildman–Crippen MR) is 58.2 cm³/mol. The van der Waals surface area contributed by atoms with E-state index in [4.69, 9.17) is 4.42 Å². The summed E-state index contributed by atoms with van der Waals surface area (Å²) in [5, 5.41) is 1.09. The number of hydrogen-bond donors (Lipinski definition) is 0. The van der Waals surface area contributed by atoms with Crippen LogP contribution in [0.3, 0.4) is 0 Å². The van der Waals surface area contributed by atoms with Crippen molar-refractivity contribution in [3.8, 4) is 0 Å². The first-order valence-electron chi connectivity index (χ1n) is 4.72. The van der Waals surface area contributed by atoms with Crippen molar-refractivity contribution >= 4 is 17.2 Å². The van der Waals surface area contributed by atoms with Gasteiger partial charge in [-0.25, -0.2) is 4.98 Å². The number of rotatable bonds is 1. The normalized spacial score (nSPS) is 11.6. The minimum Gasteiger partial charge on any atom is -0.442 e. The highest BCUT2D eigenvalue weighted by Crippen LogP contribution is 2.25. The van der Waals surface area contributed by atoms with Crippen molar-refractivity contribution in [3.05, 3.63) is 35.2 Å². The summed E-state index contributed by atoms with van der Waals surface area (Å²) in [5.74, 6) is 0.927. The second-order valence-corrected chi connectivity index (χ2v) is 3.38. The summed E-state index contributed by atoms with van der Waals surface area (Å²) in [6.45, 7) is 5.93. The zero-order valence-electron chi connectivity index (χ0n) is 8.66. The number of furan rings is 1. The molecule has 0 aliphatic heterocycles. The highest BCUT2D eigenvalue weighted by Gasteiger charge is 2.08. The Balaban J connectivity index is 2.77. The fourth-order valence-electron chi connectivity index (χ4n) is 1.58. The molecule has 0 aliphatic carbocycles. The van der Waals surface area contributed by atoms with Crippen LogP contribution >= 0.6 is 0 Å². The topological polar surface area (TPSA) is 26.0 Å². The Bertz CT molecular complexity index is 494. The van der Waals surface area contributed by atoms with E-state index in [-0.39, 0.29) is 0 Å². The van der Waals surface area contributed by atoms with E-state index in [0.29, 0.717) is 0 Å². The highest BCUT2D eigenvalue weighted by molar-refractivity contribution is 5.86. The lowest BCUT2D eigenvalue weighted by Gasteiger charge is -1.91. The van der Waals surface area contributed by atoms with Crippen molar-refractivity contribution in [1.82, 2.24) is 4.98 Å².